The molecule has 0 bridgehead atoms. The Hall–Kier alpha value is -2.16. The first-order valence-electron chi connectivity index (χ1n) is 5.83. The van der Waals surface area contributed by atoms with Crippen molar-refractivity contribution in [2.45, 2.75) is 20.4 Å². The lowest BCUT2D eigenvalue weighted by molar-refractivity contribution is 0.470. The van der Waals surface area contributed by atoms with E-state index in [0.29, 0.717) is 12.3 Å². The third-order valence-corrected chi connectivity index (χ3v) is 2.92. The van der Waals surface area contributed by atoms with Crippen LogP contribution in [-0.2, 0) is 6.54 Å². The summed E-state index contributed by atoms with van der Waals surface area (Å²) in [6.07, 6.45) is 1.65. The Labute approximate surface area is 107 Å². The second-order valence-electron chi connectivity index (χ2n) is 4.37. The minimum atomic E-state index is 0.315. The zero-order valence-corrected chi connectivity index (χ0v) is 10.7. The monoisotopic (exact) mass is 243 g/mol. The molecule has 18 heavy (non-hydrogen) atoms. The molecule has 0 aliphatic rings. The van der Waals surface area contributed by atoms with Gasteiger partial charge in [-0.3, -0.25) is 0 Å². The molecule has 2 rings (SSSR count). The molecule has 3 heteroatoms. The molecule has 1 aromatic carbocycles. The maximum atomic E-state index is 9.62. The van der Waals surface area contributed by atoms with Crippen molar-refractivity contribution in [3.8, 4) is 5.75 Å². The standard InChI is InChI=1S/C15H17NO2/c1-10-8-15(17)11(2)7-14(10)12(3)16-9-13-5-4-6-18-13/h4-8,16-17H,3,9H2,1-2H3. The summed E-state index contributed by atoms with van der Waals surface area (Å²) in [6, 6.07) is 7.46. The van der Waals surface area contributed by atoms with Crippen LogP contribution in [0.4, 0.5) is 0 Å². The predicted molar refractivity (Wildman–Crippen MR) is 72.2 cm³/mol. The van der Waals surface area contributed by atoms with E-state index in [1.54, 1.807) is 12.3 Å². The molecule has 94 valence electrons. The van der Waals surface area contributed by atoms with E-state index in [2.05, 4.69) is 11.9 Å². The highest BCUT2D eigenvalue weighted by molar-refractivity contribution is 5.66. The van der Waals surface area contributed by atoms with E-state index in [1.165, 1.54) is 0 Å². The highest BCUT2D eigenvalue weighted by Gasteiger charge is 2.07. The first kappa shape index (κ1) is 12.3. The van der Waals surface area contributed by atoms with Gasteiger partial charge in [-0.15, -0.1) is 0 Å². The number of furan rings is 1. The first-order valence-corrected chi connectivity index (χ1v) is 5.83. The van der Waals surface area contributed by atoms with E-state index in [9.17, 15) is 5.11 Å². The zero-order chi connectivity index (χ0) is 13.1. The summed E-state index contributed by atoms with van der Waals surface area (Å²) < 4.78 is 5.25. The molecule has 0 unspecified atom stereocenters. The number of hydrogen-bond acceptors (Lipinski definition) is 3. The fourth-order valence-corrected chi connectivity index (χ4v) is 1.83. The van der Waals surface area contributed by atoms with Crippen LogP contribution in [0.5, 0.6) is 5.75 Å². The van der Waals surface area contributed by atoms with E-state index in [4.69, 9.17) is 4.42 Å². The Balaban J connectivity index is 2.11. The van der Waals surface area contributed by atoms with Crippen molar-refractivity contribution < 1.29 is 9.52 Å². The molecule has 0 atom stereocenters. The summed E-state index contributed by atoms with van der Waals surface area (Å²) in [4.78, 5) is 0. The molecule has 0 amide bonds. The van der Waals surface area contributed by atoms with Gasteiger partial charge >= 0.3 is 0 Å². The quantitative estimate of drug-likeness (QED) is 0.865. The lowest BCUT2D eigenvalue weighted by Gasteiger charge is -2.13. The number of hydrogen-bond donors (Lipinski definition) is 2. The summed E-state index contributed by atoms with van der Waals surface area (Å²) in [5.74, 6) is 1.18. The SMILES string of the molecule is C=C(NCc1ccco1)c1cc(C)c(O)cc1C. The summed E-state index contributed by atoms with van der Waals surface area (Å²) in [5, 5.41) is 12.8. The van der Waals surface area contributed by atoms with Crippen molar-refractivity contribution in [2.75, 3.05) is 0 Å². The van der Waals surface area contributed by atoms with Crippen LogP contribution in [-0.4, -0.2) is 5.11 Å². The van der Waals surface area contributed by atoms with E-state index in [-0.39, 0.29) is 0 Å². The summed E-state index contributed by atoms with van der Waals surface area (Å²) in [7, 11) is 0. The number of nitrogens with one attached hydrogen (secondary N) is 1. The zero-order valence-electron chi connectivity index (χ0n) is 10.7. The van der Waals surface area contributed by atoms with Crippen LogP contribution in [0.15, 0.2) is 41.5 Å². The third kappa shape index (κ3) is 2.56. The van der Waals surface area contributed by atoms with Gasteiger partial charge in [-0.2, -0.15) is 0 Å². The molecule has 3 nitrogen and oxygen atoms in total. The second-order valence-corrected chi connectivity index (χ2v) is 4.37. The molecule has 1 heterocycles. The highest BCUT2D eigenvalue weighted by atomic mass is 16.3. The minimum Gasteiger partial charge on any atom is -0.508 e. The van der Waals surface area contributed by atoms with Gasteiger partial charge in [0, 0.05) is 11.3 Å². The van der Waals surface area contributed by atoms with Crippen molar-refractivity contribution in [2.24, 2.45) is 0 Å². The summed E-state index contributed by atoms with van der Waals surface area (Å²) >= 11 is 0. The molecule has 2 aromatic rings. The van der Waals surface area contributed by atoms with Gasteiger partial charge in [-0.05, 0) is 49.2 Å². The molecule has 0 aliphatic carbocycles. The fourth-order valence-electron chi connectivity index (χ4n) is 1.83. The van der Waals surface area contributed by atoms with Crippen LogP contribution in [0, 0.1) is 13.8 Å². The van der Waals surface area contributed by atoms with Crippen LogP contribution in [0.25, 0.3) is 5.70 Å². The van der Waals surface area contributed by atoms with Gasteiger partial charge in [0.25, 0.3) is 0 Å². The van der Waals surface area contributed by atoms with E-state index >= 15 is 0 Å². The lowest BCUT2D eigenvalue weighted by atomic mass is 10.0. The van der Waals surface area contributed by atoms with Crippen molar-refractivity contribution in [1.82, 2.24) is 5.32 Å². The van der Waals surface area contributed by atoms with Crippen LogP contribution in [0.3, 0.4) is 0 Å². The smallest absolute Gasteiger partial charge is 0.122 e. The Morgan fingerprint density at radius 1 is 1.33 bits per heavy atom. The molecule has 0 spiro atoms. The van der Waals surface area contributed by atoms with Gasteiger partial charge in [0.15, 0.2) is 0 Å². The molecular formula is C15H17NO2. The predicted octanol–water partition coefficient (Wildman–Crippen LogP) is 3.36. The molecule has 2 N–H and O–H groups in total. The molecule has 0 saturated carbocycles. The topological polar surface area (TPSA) is 45.4 Å². The number of rotatable bonds is 4. The van der Waals surface area contributed by atoms with Crippen LogP contribution >= 0.6 is 0 Å². The molecule has 1 aromatic heterocycles. The maximum Gasteiger partial charge on any atom is 0.122 e. The van der Waals surface area contributed by atoms with Crippen molar-refractivity contribution in [1.29, 1.82) is 0 Å². The summed E-state index contributed by atoms with van der Waals surface area (Å²) in [6.45, 7) is 8.45. The van der Waals surface area contributed by atoms with Gasteiger partial charge in [-0.25, -0.2) is 0 Å². The number of phenolic OH excluding ortho intramolecular Hbond substituents is 1. The van der Waals surface area contributed by atoms with Crippen LogP contribution in [0.2, 0.25) is 0 Å². The number of aromatic hydroxyl groups is 1. The van der Waals surface area contributed by atoms with Crippen molar-refractivity contribution >= 4 is 5.70 Å². The molecule has 0 fully saturated rings. The van der Waals surface area contributed by atoms with Crippen LogP contribution in [0.1, 0.15) is 22.5 Å². The van der Waals surface area contributed by atoms with E-state index in [1.807, 2.05) is 32.0 Å². The second kappa shape index (κ2) is 5.00. The average molecular weight is 243 g/mol. The van der Waals surface area contributed by atoms with Gasteiger partial charge < -0.3 is 14.8 Å². The first-order chi connectivity index (χ1) is 8.58. The number of aryl methyl sites for hydroxylation is 2. The molecule has 0 aliphatic heterocycles. The summed E-state index contributed by atoms with van der Waals surface area (Å²) in [5.41, 5.74) is 3.68. The largest absolute Gasteiger partial charge is 0.508 e. The van der Waals surface area contributed by atoms with Crippen molar-refractivity contribution in [3.63, 3.8) is 0 Å². The molecular weight excluding hydrogens is 226 g/mol. The maximum absolute atomic E-state index is 9.62. The highest BCUT2D eigenvalue weighted by Crippen LogP contribution is 2.24. The lowest BCUT2D eigenvalue weighted by Crippen LogP contribution is -2.11. The minimum absolute atomic E-state index is 0.315. The van der Waals surface area contributed by atoms with Crippen LogP contribution < -0.4 is 5.32 Å². The van der Waals surface area contributed by atoms with E-state index < -0.39 is 0 Å². The van der Waals surface area contributed by atoms with E-state index in [0.717, 1.165) is 28.1 Å². The number of benzene rings is 1. The number of phenols is 1. The Morgan fingerprint density at radius 2 is 2.11 bits per heavy atom. The Bertz CT molecular complexity index is 556. The van der Waals surface area contributed by atoms with Gasteiger partial charge in [0.1, 0.15) is 11.5 Å². The normalized spacial score (nSPS) is 10.3. The fraction of sp³-hybridized carbons (Fsp3) is 0.200. The van der Waals surface area contributed by atoms with Gasteiger partial charge in [-0.1, -0.05) is 6.58 Å². The Morgan fingerprint density at radius 3 is 2.78 bits per heavy atom. The van der Waals surface area contributed by atoms with Gasteiger partial charge in [0.05, 0.1) is 12.8 Å². The van der Waals surface area contributed by atoms with Crippen molar-refractivity contribution in [3.05, 3.63) is 59.6 Å². The molecule has 0 saturated heterocycles. The Kier molecular flexibility index (Phi) is 3.42. The van der Waals surface area contributed by atoms with Gasteiger partial charge in [0.2, 0.25) is 0 Å². The molecule has 0 radical (unpaired) electrons. The average Bonchev–Trinajstić information content (AvgIpc) is 2.84. The third-order valence-electron chi connectivity index (χ3n) is 2.92.